The molecule has 20 heavy (non-hydrogen) atoms. The van der Waals surface area contributed by atoms with Crippen molar-refractivity contribution >= 4 is 17.0 Å². The molecule has 0 amide bonds. The fourth-order valence-electron chi connectivity index (χ4n) is 2.47. The van der Waals surface area contributed by atoms with Crippen LogP contribution in [0.15, 0.2) is 18.2 Å². The average Bonchev–Trinajstić information content (AvgIpc) is 2.83. The molecule has 0 atom stereocenters. The molecule has 1 fully saturated rings. The molecule has 108 valence electrons. The van der Waals surface area contributed by atoms with Crippen LogP contribution in [0, 0.1) is 5.82 Å². The smallest absolute Gasteiger partial charge is 0.201 e. The molecule has 0 unspecified atom stereocenters. The summed E-state index contributed by atoms with van der Waals surface area (Å²) in [6, 6.07) is 4.58. The standard InChI is InChI=1S/C14H20FN5/c1-19-6-8-20(9-7-19)5-4-16-14-17-12-3-2-11(15)10-13(12)18-14/h2-3,10H,4-9H2,1H3,(H2,16,17,18). The number of piperazine rings is 1. The molecule has 5 nitrogen and oxygen atoms in total. The third-order valence-corrected chi connectivity index (χ3v) is 3.76. The molecule has 1 aliphatic rings. The van der Waals surface area contributed by atoms with E-state index in [0.717, 1.165) is 50.3 Å². The van der Waals surface area contributed by atoms with Crippen molar-refractivity contribution in [3.8, 4) is 0 Å². The van der Waals surface area contributed by atoms with Crippen LogP contribution in [0.5, 0.6) is 0 Å². The lowest BCUT2D eigenvalue weighted by Crippen LogP contribution is -2.45. The largest absolute Gasteiger partial charge is 0.355 e. The van der Waals surface area contributed by atoms with Crippen LogP contribution in [0.25, 0.3) is 11.0 Å². The summed E-state index contributed by atoms with van der Waals surface area (Å²) in [5.41, 5.74) is 1.51. The molecule has 2 aromatic rings. The van der Waals surface area contributed by atoms with Gasteiger partial charge in [-0.15, -0.1) is 0 Å². The summed E-state index contributed by atoms with van der Waals surface area (Å²) in [5, 5.41) is 3.27. The third-order valence-electron chi connectivity index (χ3n) is 3.76. The Morgan fingerprint density at radius 3 is 2.90 bits per heavy atom. The lowest BCUT2D eigenvalue weighted by molar-refractivity contribution is 0.158. The number of hydrogen-bond acceptors (Lipinski definition) is 4. The maximum absolute atomic E-state index is 13.1. The summed E-state index contributed by atoms with van der Waals surface area (Å²) in [5.74, 6) is 0.463. The number of likely N-dealkylation sites (N-methyl/N-ethyl adjacent to an activating group) is 1. The first-order valence-corrected chi connectivity index (χ1v) is 7.01. The topological polar surface area (TPSA) is 47.2 Å². The summed E-state index contributed by atoms with van der Waals surface area (Å²) < 4.78 is 13.1. The van der Waals surface area contributed by atoms with Gasteiger partial charge in [-0.3, -0.25) is 4.90 Å². The van der Waals surface area contributed by atoms with Crippen molar-refractivity contribution in [1.82, 2.24) is 19.8 Å². The van der Waals surface area contributed by atoms with Gasteiger partial charge in [-0.25, -0.2) is 9.37 Å². The van der Waals surface area contributed by atoms with Crippen LogP contribution in [-0.4, -0.2) is 66.1 Å². The SMILES string of the molecule is CN1CCN(CCNc2nc3ccc(F)cc3[nH]2)CC1. The van der Waals surface area contributed by atoms with Crippen molar-refractivity contribution < 1.29 is 4.39 Å². The maximum atomic E-state index is 13.1. The van der Waals surface area contributed by atoms with Gasteiger partial charge < -0.3 is 15.2 Å². The Labute approximate surface area is 117 Å². The predicted molar refractivity (Wildman–Crippen MR) is 78.5 cm³/mol. The van der Waals surface area contributed by atoms with Gasteiger partial charge in [0.2, 0.25) is 5.95 Å². The second-order valence-electron chi connectivity index (χ2n) is 5.32. The maximum Gasteiger partial charge on any atom is 0.201 e. The minimum atomic E-state index is -0.245. The van der Waals surface area contributed by atoms with Crippen molar-refractivity contribution in [3.05, 3.63) is 24.0 Å². The van der Waals surface area contributed by atoms with Gasteiger partial charge in [0.25, 0.3) is 0 Å². The Balaban J connectivity index is 1.52. The molecule has 0 radical (unpaired) electrons. The summed E-state index contributed by atoms with van der Waals surface area (Å²) in [6.45, 7) is 6.33. The zero-order valence-corrected chi connectivity index (χ0v) is 11.7. The van der Waals surface area contributed by atoms with Crippen LogP contribution in [0.4, 0.5) is 10.3 Å². The molecule has 0 bridgehead atoms. The zero-order valence-electron chi connectivity index (χ0n) is 11.7. The number of benzene rings is 1. The summed E-state index contributed by atoms with van der Waals surface area (Å²) in [7, 11) is 2.16. The van der Waals surface area contributed by atoms with Gasteiger partial charge in [0.15, 0.2) is 0 Å². The number of rotatable bonds is 4. The Morgan fingerprint density at radius 2 is 2.10 bits per heavy atom. The van der Waals surface area contributed by atoms with E-state index in [1.807, 2.05) is 0 Å². The van der Waals surface area contributed by atoms with Crippen LogP contribution < -0.4 is 5.32 Å². The number of nitrogens with zero attached hydrogens (tertiary/aromatic N) is 3. The van der Waals surface area contributed by atoms with Gasteiger partial charge in [-0.05, 0) is 25.2 Å². The molecule has 1 aliphatic heterocycles. The molecule has 1 aromatic carbocycles. The molecule has 2 heterocycles. The minimum absolute atomic E-state index is 0.245. The number of nitrogens with one attached hydrogen (secondary N) is 2. The number of anilines is 1. The van der Waals surface area contributed by atoms with Crippen molar-refractivity contribution in [1.29, 1.82) is 0 Å². The number of aromatic nitrogens is 2. The Morgan fingerprint density at radius 1 is 1.30 bits per heavy atom. The number of imidazole rings is 1. The van der Waals surface area contributed by atoms with Crippen molar-refractivity contribution in [2.45, 2.75) is 0 Å². The van der Waals surface area contributed by atoms with E-state index in [4.69, 9.17) is 0 Å². The molecule has 1 aromatic heterocycles. The van der Waals surface area contributed by atoms with Gasteiger partial charge in [0, 0.05) is 39.3 Å². The molecular weight excluding hydrogens is 257 g/mol. The van der Waals surface area contributed by atoms with Crippen LogP contribution >= 0.6 is 0 Å². The highest BCUT2D eigenvalue weighted by molar-refractivity contribution is 5.77. The van der Waals surface area contributed by atoms with Crippen molar-refractivity contribution in [3.63, 3.8) is 0 Å². The number of aromatic amines is 1. The normalized spacial score (nSPS) is 17.7. The highest BCUT2D eigenvalue weighted by Gasteiger charge is 2.13. The van der Waals surface area contributed by atoms with Crippen molar-refractivity contribution in [2.24, 2.45) is 0 Å². The van der Waals surface area contributed by atoms with E-state index >= 15 is 0 Å². The molecule has 0 aliphatic carbocycles. The monoisotopic (exact) mass is 277 g/mol. The second kappa shape index (κ2) is 5.76. The molecule has 3 rings (SSSR count). The van der Waals surface area contributed by atoms with E-state index in [1.54, 1.807) is 6.07 Å². The lowest BCUT2D eigenvalue weighted by Gasteiger charge is -2.32. The Bertz CT molecular complexity index is 574. The molecule has 1 saturated heterocycles. The third kappa shape index (κ3) is 3.08. The number of hydrogen-bond donors (Lipinski definition) is 2. The Hall–Kier alpha value is -1.66. The van der Waals surface area contributed by atoms with Gasteiger partial charge in [0.1, 0.15) is 5.82 Å². The zero-order chi connectivity index (χ0) is 13.9. The fourth-order valence-corrected chi connectivity index (χ4v) is 2.47. The first kappa shape index (κ1) is 13.3. The lowest BCUT2D eigenvalue weighted by atomic mass is 10.3. The number of halogens is 1. The summed E-state index contributed by atoms with van der Waals surface area (Å²) in [4.78, 5) is 12.3. The highest BCUT2D eigenvalue weighted by Crippen LogP contribution is 2.15. The first-order chi connectivity index (χ1) is 9.70. The van der Waals surface area contributed by atoms with Crippen LogP contribution in [0.2, 0.25) is 0 Å². The summed E-state index contributed by atoms with van der Waals surface area (Å²) in [6.07, 6.45) is 0. The summed E-state index contributed by atoms with van der Waals surface area (Å²) >= 11 is 0. The second-order valence-corrected chi connectivity index (χ2v) is 5.32. The van der Waals surface area contributed by atoms with Crippen molar-refractivity contribution in [2.75, 3.05) is 51.6 Å². The number of H-pyrrole nitrogens is 1. The van der Waals surface area contributed by atoms with Crippen LogP contribution in [0.1, 0.15) is 0 Å². The van der Waals surface area contributed by atoms with E-state index in [1.165, 1.54) is 12.1 Å². The van der Waals surface area contributed by atoms with E-state index in [0.29, 0.717) is 5.95 Å². The van der Waals surface area contributed by atoms with Gasteiger partial charge in [-0.1, -0.05) is 0 Å². The van der Waals surface area contributed by atoms with Gasteiger partial charge in [-0.2, -0.15) is 0 Å². The molecule has 0 saturated carbocycles. The fraction of sp³-hybridized carbons (Fsp3) is 0.500. The average molecular weight is 277 g/mol. The van der Waals surface area contributed by atoms with Gasteiger partial charge >= 0.3 is 0 Å². The molecular formula is C14H20FN5. The van der Waals surface area contributed by atoms with Crippen LogP contribution in [0.3, 0.4) is 0 Å². The van der Waals surface area contributed by atoms with E-state index in [9.17, 15) is 4.39 Å². The molecule has 0 spiro atoms. The molecule has 2 N–H and O–H groups in total. The van der Waals surface area contributed by atoms with Gasteiger partial charge in [0.05, 0.1) is 11.0 Å². The minimum Gasteiger partial charge on any atom is -0.355 e. The quantitative estimate of drug-likeness (QED) is 0.886. The molecule has 6 heteroatoms. The Kier molecular flexibility index (Phi) is 3.84. The van der Waals surface area contributed by atoms with Crippen LogP contribution in [-0.2, 0) is 0 Å². The highest BCUT2D eigenvalue weighted by atomic mass is 19.1. The van der Waals surface area contributed by atoms with E-state index in [-0.39, 0.29) is 5.82 Å². The van der Waals surface area contributed by atoms with E-state index < -0.39 is 0 Å². The predicted octanol–water partition coefficient (Wildman–Crippen LogP) is 1.36. The number of fused-ring (bicyclic) bond motifs is 1. The van der Waals surface area contributed by atoms with E-state index in [2.05, 4.69) is 32.1 Å². The first-order valence-electron chi connectivity index (χ1n) is 7.01.